The zero-order valence-corrected chi connectivity index (χ0v) is 13.3. The lowest BCUT2D eigenvalue weighted by Gasteiger charge is -2.13. The van der Waals surface area contributed by atoms with Crippen LogP contribution in [-0.4, -0.2) is 14.8 Å². The number of furan rings is 1. The van der Waals surface area contributed by atoms with Crippen LogP contribution in [0.4, 0.5) is 5.69 Å². The van der Waals surface area contributed by atoms with Gasteiger partial charge in [-0.25, -0.2) is 0 Å². The SMILES string of the molecule is CC(Nc1cccc(-c2nncn2C)c1)c1ccc(Br)o1. The molecule has 0 spiro atoms. The van der Waals surface area contributed by atoms with Gasteiger partial charge in [-0.2, -0.15) is 0 Å². The van der Waals surface area contributed by atoms with Gasteiger partial charge in [0.25, 0.3) is 0 Å². The Morgan fingerprint density at radius 2 is 2.14 bits per heavy atom. The van der Waals surface area contributed by atoms with Crippen molar-refractivity contribution in [1.29, 1.82) is 0 Å². The van der Waals surface area contributed by atoms with E-state index in [-0.39, 0.29) is 6.04 Å². The van der Waals surface area contributed by atoms with Gasteiger partial charge in [0.15, 0.2) is 10.5 Å². The summed E-state index contributed by atoms with van der Waals surface area (Å²) in [7, 11) is 1.93. The Morgan fingerprint density at radius 1 is 1.29 bits per heavy atom. The third kappa shape index (κ3) is 3.00. The second-order valence-corrected chi connectivity index (χ2v) is 5.64. The van der Waals surface area contributed by atoms with E-state index in [1.54, 1.807) is 6.33 Å². The number of benzene rings is 1. The molecule has 2 aromatic heterocycles. The standard InChI is InChI=1S/C15H15BrN4O/c1-10(13-6-7-14(16)21-13)18-12-5-3-4-11(8-12)15-19-17-9-20(15)2/h3-10,18H,1-2H3. The lowest BCUT2D eigenvalue weighted by atomic mass is 10.1. The van der Waals surface area contributed by atoms with Crippen molar-refractivity contribution in [1.82, 2.24) is 14.8 Å². The molecule has 3 rings (SSSR count). The molecule has 108 valence electrons. The molecular formula is C15H15BrN4O. The quantitative estimate of drug-likeness (QED) is 0.775. The van der Waals surface area contributed by atoms with Crippen LogP contribution in [0.3, 0.4) is 0 Å². The number of anilines is 1. The molecule has 1 N–H and O–H groups in total. The van der Waals surface area contributed by atoms with Gasteiger partial charge in [-0.05, 0) is 47.1 Å². The van der Waals surface area contributed by atoms with Gasteiger partial charge >= 0.3 is 0 Å². The summed E-state index contributed by atoms with van der Waals surface area (Å²) in [5, 5.41) is 11.5. The number of hydrogen-bond donors (Lipinski definition) is 1. The Morgan fingerprint density at radius 3 is 2.81 bits per heavy atom. The fourth-order valence-electron chi connectivity index (χ4n) is 2.17. The number of aryl methyl sites for hydroxylation is 1. The minimum atomic E-state index is 0.0750. The van der Waals surface area contributed by atoms with Crippen LogP contribution in [0.25, 0.3) is 11.4 Å². The van der Waals surface area contributed by atoms with E-state index in [1.807, 2.05) is 41.9 Å². The molecular weight excluding hydrogens is 332 g/mol. The van der Waals surface area contributed by atoms with Crippen LogP contribution < -0.4 is 5.32 Å². The molecule has 1 atom stereocenters. The second-order valence-electron chi connectivity index (χ2n) is 4.85. The van der Waals surface area contributed by atoms with Crippen molar-refractivity contribution >= 4 is 21.6 Å². The Kier molecular flexibility index (Phi) is 3.79. The molecule has 0 aliphatic carbocycles. The molecule has 3 aromatic rings. The maximum Gasteiger partial charge on any atom is 0.169 e. The monoisotopic (exact) mass is 346 g/mol. The molecule has 0 saturated carbocycles. The largest absolute Gasteiger partial charge is 0.452 e. The van der Waals surface area contributed by atoms with Gasteiger partial charge in [0, 0.05) is 18.3 Å². The first-order valence-electron chi connectivity index (χ1n) is 6.59. The molecule has 0 saturated heterocycles. The van der Waals surface area contributed by atoms with Crippen LogP contribution in [0.15, 0.2) is 51.8 Å². The highest BCUT2D eigenvalue weighted by Crippen LogP contribution is 2.26. The molecule has 1 aromatic carbocycles. The second kappa shape index (κ2) is 5.73. The van der Waals surface area contributed by atoms with Crippen LogP contribution in [0, 0.1) is 0 Å². The van der Waals surface area contributed by atoms with E-state index in [0.29, 0.717) is 0 Å². The molecule has 5 nitrogen and oxygen atoms in total. The average Bonchev–Trinajstić information content (AvgIpc) is 3.08. The molecule has 0 bridgehead atoms. The van der Waals surface area contributed by atoms with Crippen molar-refractivity contribution in [2.75, 3.05) is 5.32 Å². The molecule has 21 heavy (non-hydrogen) atoms. The summed E-state index contributed by atoms with van der Waals surface area (Å²) in [6, 6.07) is 12.0. The first-order valence-corrected chi connectivity index (χ1v) is 7.39. The number of nitrogens with zero attached hydrogens (tertiary/aromatic N) is 3. The van der Waals surface area contributed by atoms with E-state index in [2.05, 4.69) is 44.4 Å². The minimum absolute atomic E-state index is 0.0750. The van der Waals surface area contributed by atoms with Gasteiger partial charge in [0.05, 0.1) is 6.04 Å². The zero-order valence-electron chi connectivity index (χ0n) is 11.7. The Labute approximate surface area is 131 Å². The van der Waals surface area contributed by atoms with Crippen molar-refractivity contribution in [3.8, 4) is 11.4 Å². The van der Waals surface area contributed by atoms with Gasteiger partial charge in [-0.15, -0.1) is 10.2 Å². The fraction of sp³-hybridized carbons (Fsp3) is 0.200. The minimum Gasteiger partial charge on any atom is -0.452 e. The third-order valence-corrected chi connectivity index (χ3v) is 3.66. The molecule has 0 fully saturated rings. The smallest absolute Gasteiger partial charge is 0.169 e. The van der Waals surface area contributed by atoms with Crippen LogP contribution in [-0.2, 0) is 7.05 Å². The number of hydrogen-bond acceptors (Lipinski definition) is 4. The average molecular weight is 347 g/mol. The molecule has 6 heteroatoms. The van der Waals surface area contributed by atoms with E-state index in [4.69, 9.17) is 4.42 Å². The van der Waals surface area contributed by atoms with E-state index >= 15 is 0 Å². The van der Waals surface area contributed by atoms with Crippen LogP contribution >= 0.6 is 15.9 Å². The first-order chi connectivity index (χ1) is 10.1. The van der Waals surface area contributed by atoms with Crippen molar-refractivity contribution in [2.45, 2.75) is 13.0 Å². The summed E-state index contributed by atoms with van der Waals surface area (Å²) in [5.74, 6) is 1.72. The Balaban J connectivity index is 1.82. The fourth-order valence-corrected chi connectivity index (χ4v) is 2.49. The van der Waals surface area contributed by atoms with Crippen LogP contribution in [0.2, 0.25) is 0 Å². The third-order valence-electron chi connectivity index (χ3n) is 3.24. The maximum atomic E-state index is 5.57. The summed E-state index contributed by atoms with van der Waals surface area (Å²) < 4.78 is 8.20. The predicted octanol–water partition coefficient (Wildman–Crippen LogP) is 4.01. The summed E-state index contributed by atoms with van der Waals surface area (Å²) in [6.07, 6.45) is 1.69. The van der Waals surface area contributed by atoms with E-state index in [1.165, 1.54) is 0 Å². The molecule has 2 heterocycles. The van der Waals surface area contributed by atoms with Crippen molar-refractivity contribution in [3.05, 3.63) is 53.2 Å². The van der Waals surface area contributed by atoms with Gasteiger partial charge < -0.3 is 14.3 Å². The summed E-state index contributed by atoms with van der Waals surface area (Å²) in [5.41, 5.74) is 2.03. The van der Waals surface area contributed by atoms with Crippen LogP contribution in [0.5, 0.6) is 0 Å². The van der Waals surface area contributed by atoms with Gasteiger partial charge in [-0.1, -0.05) is 12.1 Å². The van der Waals surface area contributed by atoms with E-state index in [9.17, 15) is 0 Å². The normalized spacial score (nSPS) is 12.3. The lowest BCUT2D eigenvalue weighted by molar-refractivity contribution is 0.471. The summed E-state index contributed by atoms with van der Waals surface area (Å²) >= 11 is 3.32. The molecule has 0 amide bonds. The topological polar surface area (TPSA) is 55.9 Å². The van der Waals surface area contributed by atoms with Gasteiger partial charge in [-0.3, -0.25) is 0 Å². The van der Waals surface area contributed by atoms with Crippen molar-refractivity contribution in [2.24, 2.45) is 7.05 Å². The highest BCUT2D eigenvalue weighted by Gasteiger charge is 2.11. The number of aromatic nitrogens is 3. The highest BCUT2D eigenvalue weighted by atomic mass is 79.9. The van der Waals surface area contributed by atoms with E-state index < -0.39 is 0 Å². The molecule has 0 aliphatic heterocycles. The Bertz CT molecular complexity index is 749. The highest BCUT2D eigenvalue weighted by molar-refractivity contribution is 9.10. The number of rotatable bonds is 4. The summed E-state index contributed by atoms with van der Waals surface area (Å²) in [4.78, 5) is 0. The molecule has 1 unspecified atom stereocenters. The lowest BCUT2D eigenvalue weighted by Crippen LogP contribution is -2.05. The number of nitrogens with one attached hydrogen (secondary N) is 1. The first kappa shape index (κ1) is 13.9. The maximum absolute atomic E-state index is 5.57. The molecule has 0 aliphatic rings. The summed E-state index contributed by atoms with van der Waals surface area (Å²) in [6.45, 7) is 2.06. The predicted molar refractivity (Wildman–Crippen MR) is 84.9 cm³/mol. The van der Waals surface area contributed by atoms with Gasteiger partial charge in [0.2, 0.25) is 0 Å². The van der Waals surface area contributed by atoms with Gasteiger partial charge in [0.1, 0.15) is 12.1 Å². The zero-order chi connectivity index (χ0) is 14.8. The van der Waals surface area contributed by atoms with Crippen molar-refractivity contribution in [3.63, 3.8) is 0 Å². The van der Waals surface area contributed by atoms with E-state index in [0.717, 1.165) is 27.5 Å². The van der Waals surface area contributed by atoms with Crippen LogP contribution in [0.1, 0.15) is 18.7 Å². The Hall–Kier alpha value is -2.08. The number of halogens is 1. The molecule has 0 radical (unpaired) electrons. The van der Waals surface area contributed by atoms with Crippen molar-refractivity contribution < 1.29 is 4.42 Å².